The Kier molecular flexibility index (Phi) is 12.1. The molecule has 0 saturated heterocycles. The minimum absolute atomic E-state index is 0.0337. The normalized spacial score (nSPS) is 12.8. The smallest absolute Gasteiger partial charge is 0.243 e. The van der Waals surface area contributed by atoms with Gasteiger partial charge in [-0.1, -0.05) is 84.7 Å². The first kappa shape index (κ1) is 32.4. The zero-order valence-electron chi connectivity index (χ0n) is 23.6. The van der Waals surface area contributed by atoms with Crippen molar-refractivity contribution >= 4 is 50.7 Å². The number of halogens is 2. The zero-order valence-corrected chi connectivity index (χ0v) is 25.9. The van der Waals surface area contributed by atoms with Crippen LogP contribution in [0.2, 0.25) is 10.0 Å². The van der Waals surface area contributed by atoms with Gasteiger partial charge in [-0.2, -0.15) is 0 Å². The predicted molar refractivity (Wildman–Crippen MR) is 167 cm³/mol. The van der Waals surface area contributed by atoms with Crippen LogP contribution in [0.4, 0.5) is 5.69 Å². The van der Waals surface area contributed by atoms with Gasteiger partial charge in [0.25, 0.3) is 0 Å². The molecule has 0 unspecified atom stereocenters. The van der Waals surface area contributed by atoms with E-state index in [-0.39, 0.29) is 43.8 Å². The van der Waals surface area contributed by atoms with Crippen LogP contribution < -0.4 is 9.62 Å². The lowest BCUT2D eigenvalue weighted by molar-refractivity contribution is -0.141. The highest BCUT2D eigenvalue weighted by Crippen LogP contribution is 2.25. The first-order valence-corrected chi connectivity index (χ1v) is 16.2. The lowest BCUT2D eigenvalue weighted by atomic mass is 10.0. The molecule has 220 valence electrons. The molecule has 2 amide bonds. The minimum Gasteiger partial charge on any atom is -0.352 e. The highest BCUT2D eigenvalue weighted by atomic mass is 35.5. The molecular formula is C31H37Cl2N3O4S. The third-order valence-corrected chi connectivity index (χ3v) is 8.61. The van der Waals surface area contributed by atoms with Crippen molar-refractivity contribution in [3.8, 4) is 0 Å². The summed E-state index contributed by atoms with van der Waals surface area (Å²) < 4.78 is 26.4. The second kappa shape index (κ2) is 15.2. The Labute approximate surface area is 253 Å². The van der Waals surface area contributed by atoms with Gasteiger partial charge in [-0.25, -0.2) is 8.42 Å². The number of carbonyl (C=O) groups excluding carboxylic acids is 2. The lowest BCUT2D eigenvalue weighted by Crippen LogP contribution is -2.52. The molecule has 10 heteroatoms. The summed E-state index contributed by atoms with van der Waals surface area (Å²) in [7, 11) is -3.57. The molecule has 1 N–H and O–H groups in total. The molecule has 3 aromatic rings. The van der Waals surface area contributed by atoms with Crippen LogP contribution >= 0.6 is 23.2 Å². The van der Waals surface area contributed by atoms with Crippen molar-refractivity contribution in [2.45, 2.75) is 58.2 Å². The molecule has 7 nitrogen and oxygen atoms in total. The van der Waals surface area contributed by atoms with E-state index in [0.29, 0.717) is 27.7 Å². The number of rotatable bonds is 14. The Bertz CT molecular complexity index is 1410. The maximum atomic E-state index is 13.9. The van der Waals surface area contributed by atoms with Crippen molar-refractivity contribution < 1.29 is 18.0 Å². The fourth-order valence-electron chi connectivity index (χ4n) is 4.43. The molecule has 0 spiro atoms. The summed E-state index contributed by atoms with van der Waals surface area (Å²) in [6.45, 7) is 4.11. The zero-order chi connectivity index (χ0) is 30.0. The summed E-state index contributed by atoms with van der Waals surface area (Å²) in [5.41, 5.74) is 2.09. The third-order valence-electron chi connectivity index (χ3n) is 6.82. The molecular weight excluding hydrogens is 581 g/mol. The van der Waals surface area contributed by atoms with Gasteiger partial charge in [0, 0.05) is 42.0 Å². The highest BCUT2D eigenvalue weighted by Gasteiger charge is 2.31. The molecule has 2 atom stereocenters. The first-order chi connectivity index (χ1) is 19.5. The second-order valence-electron chi connectivity index (χ2n) is 10.1. The molecule has 0 fully saturated rings. The second-order valence-corrected chi connectivity index (χ2v) is 12.8. The van der Waals surface area contributed by atoms with Crippen molar-refractivity contribution in [2.24, 2.45) is 0 Å². The molecule has 3 aromatic carbocycles. The first-order valence-electron chi connectivity index (χ1n) is 13.6. The van der Waals surface area contributed by atoms with Crippen LogP contribution in [0.3, 0.4) is 0 Å². The van der Waals surface area contributed by atoms with Crippen molar-refractivity contribution in [1.29, 1.82) is 0 Å². The average molecular weight is 619 g/mol. The number of carbonyl (C=O) groups is 2. The molecule has 0 heterocycles. The minimum atomic E-state index is -3.57. The number of hydrogen-bond acceptors (Lipinski definition) is 4. The largest absolute Gasteiger partial charge is 0.352 e. The average Bonchev–Trinajstić information content (AvgIpc) is 2.94. The summed E-state index contributed by atoms with van der Waals surface area (Å²) in [6, 6.07) is 22.5. The molecule has 3 rings (SSSR count). The van der Waals surface area contributed by atoms with Gasteiger partial charge < -0.3 is 10.2 Å². The molecule has 0 aliphatic carbocycles. The lowest BCUT2D eigenvalue weighted by Gasteiger charge is -2.33. The van der Waals surface area contributed by atoms with E-state index in [1.54, 1.807) is 47.4 Å². The summed E-state index contributed by atoms with van der Waals surface area (Å²) in [4.78, 5) is 29.1. The number of amides is 2. The number of sulfonamides is 1. The van der Waals surface area contributed by atoms with E-state index in [0.717, 1.165) is 18.2 Å². The number of nitrogens with one attached hydrogen (secondary N) is 1. The fraction of sp³-hybridized carbons (Fsp3) is 0.355. The number of hydrogen-bond donors (Lipinski definition) is 1. The molecule has 0 saturated carbocycles. The van der Waals surface area contributed by atoms with E-state index in [9.17, 15) is 18.0 Å². The van der Waals surface area contributed by atoms with E-state index in [4.69, 9.17) is 23.2 Å². The maximum Gasteiger partial charge on any atom is 0.243 e. The maximum absolute atomic E-state index is 13.9. The predicted octanol–water partition coefficient (Wildman–Crippen LogP) is 6.09. The van der Waals surface area contributed by atoms with E-state index < -0.39 is 16.1 Å². The number of anilines is 1. The van der Waals surface area contributed by atoms with Crippen molar-refractivity contribution in [3.05, 3.63) is 100 Å². The summed E-state index contributed by atoms with van der Waals surface area (Å²) >= 11 is 12.6. The molecule has 0 aliphatic heterocycles. The third kappa shape index (κ3) is 9.76. The molecule has 0 radical (unpaired) electrons. The van der Waals surface area contributed by atoms with Gasteiger partial charge in [0.1, 0.15) is 6.04 Å². The van der Waals surface area contributed by atoms with Gasteiger partial charge in [0.15, 0.2) is 0 Å². The molecule has 0 aliphatic rings. The summed E-state index contributed by atoms with van der Waals surface area (Å²) in [5.74, 6) is -0.540. The van der Waals surface area contributed by atoms with Crippen molar-refractivity contribution in [2.75, 3.05) is 17.1 Å². The molecule has 0 bridgehead atoms. The van der Waals surface area contributed by atoms with Gasteiger partial charge in [-0.15, -0.1) is 0 Å². The number of para-hydroxylation sites is 1. The molecule has 0 aromatic heterocycles. The standard InChI is InChI=1S/C31H37Cl2N3O4S/c1-4-23(2)34-31(38)29(20-24-12-7-5-8-13-24)35(22-25-17-18-26(32)21-28(25)33)30(37)16-11-19-36(41(3,39)40)27-14-9-6-10-15-27/h5-10,12-15,17-18,21,23,29H,4,11,16,19-20,22H2,1-3H3,(H,34,38)/t23-,29-/m1/s1. The van der Waals surface area contributed by atoms with Crippen LogP contribution in [-0.4, -0.2) is 50.0 Å². The summed E-state index contributed by atoms with van der Waals surface area (Å²) in [5, 5.41) is 3.89. The fourth-order valence-corrected chi connectivity index (χ4v) is 5.86. The van der Waals surface area contributed by atoms with Crippen LogP contribution in [0.25, 0.3) is 0 Å². The highest BCUT2D eigenvalue weighted by molar-refractivity contribution is 7.92. The van der Waals surface area contributed by atoms with Crippen LogP contribution in [0.15, 0.2) is 78.9 Å². The van der Waals surface area contributed by atoms with Crippen LogP contribution in [0.5, 0.6) is 0 Å². The topological polar surface area (TPSA) is 86.8 Å². The van der Waals surface area contributed by atoms with Crippen LogP contribution in [0.1, 0.15) is 44.2 Å². The Morgan fingerprint density at radius 1 is 0.951 bits per heavy atom. The van der Waals surface area contributed by atoms with Crippen molar-refractivity contribution in [1.82, 2.24) is 10.2 Å². The number of benzene rings is 3. The van der Waals surface area contributed by atoms with Gasteiger partial charge in [-0.3, -0.25) is 13.9 Å². The Hall–Kier alpha value is -3.07. The van der Waals surface area contributed by atoms with E-state index in [1.807, 2.05) is 50.2 Å². The van der Waals surface area contributed by atoms with E-state index in [2.05, 4.69) is 5.32 Å². The van der Waals surface area contributed by atoms with Gasteiger partial charge in [0.2, 0.25) is 21.8 Å². The van der Waals surface area contributed by atoms with E-state index in [1.165, 1.54) is 4.31 Å². The van der Waals surface area contributed by atoms with Gasteiger partial charge in [-0.05, 0) is 55.2 Å². The van der Waals surface area contributed by atoms with Gasteiger partial charge >= 0.3 is 0 Å². The Balaban J connectivity index is 1.91. The Morgan fingerprint density at radius 3 is 2.17 bits per heavy atom. The van der Waals surface area contributed by atoms with Crippen molar-refractivity contribution in [3.63, 3.8) is 0 Å². The van der Waals surface area contributed by atoms with E-state index >= 15 is 0 Å². The van der Waals surface area contributed by atoms with Crippen LogP contribution in [-0.2, 0) is 32.6 Å². The Morgan fingerprint density at radius 2 is 1.59 bits per heavy atom. The monoisotopic (exact) mass is 617 g/mol. The summed E-state index contributed by atoms with van der Waals surface area (Å²) in [6.07, 6.45) is 2.48. The van der Waals surface area contributed by atoms with Crippen LogP contribution in [0, 0.1) is 0 Å². The molecule has 41 heavy (non-hydrogen) atoms. The quantitative estimate of drug-likeness (QED) is 0.237. The van der Waals surface area contributed by atoms with Gasteiger partial charge in [0.05, 0.1) is 11.9 Å². The SMILES string of the molecule is CC[C@@H](C)NC(=O)[C@@H](Cc1ccccc1)N(Cc1ccc(Cl)cc1Cl)C(=O)CCCN(c1ccccc1)S(C)(=O)=O. The number of nitrogens with zero attached hydrogens (tertiary/aromatic N) is 2.